The molecule has 9 rings (SSSR count). The van der Waals surface area contributed by atoms with Gasteiger partial charge in [0.15, 0.2) is 5.82 Å². The molecule has 0 unspecified atom stereocenters. The van der Waals surface area contributed by atoms with Crippen molar-refractivity contribution in [1.29, 1.82) is 0 Å². The van der Waals surface area contributed by atoms with Crippen molar-refractivity contribution < 1.29 is 14.7 Å². The smallest absolute Gasteiger partial charge is 0.293 e. The van der Waals surface area contributed by atoms with E-state index in [1.54, 1.807) is 30.4 Å². The first-order valence-electron chi connectivity index (χ1n) is 23.1. The van der Waals surface area contributed by atoms with Gasteiger partial charge in [-0.25, -0.2) is 9.97 Å². The van der Waals surface area contributed by atoms with Crippen molar-refractivity contribution in [2.24, 2.45) is 18.2 Å². The molecule has 0 spiro atoms. The zero-order chi connectivity index (χ0) is 46.7. The molecule has 4 aliphatic rings. The molecule has 4 aromatic heterocycles. The molecule has 3 aliphatic heterocycles. The van der Waals surface area contributed by atoms with Crippen molar-refractivity contribution in [3.63, 3.8) is 0 Å². The highest BCUT2D eigenvalue weighted by Gasteiger charge is 2.38. The topological polar surface area (TPSA) is 183 Å². The lowest BCUT2D eigenvalue weighted by Crippen LogP contribution is -2.57. The van der Waals surface area contributed by atoms with Crippen LogP contribution in [-0.2, 0) is 43.4 Å². The number of anilines is 6. The predicted octanol–water partition coefficient (Wildman–Crippen LogP) is 5.56. The summed E-state index contributed by atoms with van der Waals surface area (Å²) in [6.07, 6.45) is 10.4. The van der Waals surface area contributed by atoms with Crippen LogP contribution in [0.5, 0.6) is 0 Å². The largest absolute Gasteiger partial charge is 0.392 e. The van der Waals surface area contributed by atoms with Gasteiger partial charge >= 0.3 is 0 Å². The molecule has 2 saturated heterocycles. The summed E-state index contributed by atoms with van der Waals surface area (Å²) in [5, 5.41) is 17.1. The standard InChI is InChI=1S/C50H62N12O4/c1-8-44(64)55-38-24-33(9-11-40(38)60-20-19-59(28-31(60)2)34-14-17-58(18-15-34)35-10-12-43(53-27-35)50(5,6)51)54-45-48(66)57(7)29-39(56-45)36-13-16-52-46(37(36)30-63)62-22-21-61-41(47(62)65)23-32-25-49(3,4)26-42(32)61/h8-13,16,23-24,27,29,31,34,63H,1,14-15,17-22,25-26,28,30,51H2,2-7H3,(H,54,56)(H,55,64)/t31-/m0/s1. The minimum atomic E-state index is -0.474. The minimum Gasteiger partial charge on any atom is -0.392 e. The lowest BCUT2D eigenvalue weighted by molar-refractivity contribution is -0.111. The Morgan fingerprint density at radius 3 is 2.50 bits per heavy atom. The molecule has 0 radical (unpaired) electrons. The number of aliphatic hydroxyl groups is 1. The number of nitrogens with one attached hydrogen (secondary N) is 2. The molecule has 0 saturated carbocycles. The van der Waals surface area contributed by atoms with E-state index in [0.29, 0.717) is 58.8 Å². The van der Waals surface area contributed by atoms with Crippen molar-refractivity contribution in [2.45, 2.75) is 91.1 Å². The summed E-state index contributed by atoms with van der Waals surface area (Å²) in [5.74, 6) is -0.0927. The minimum absolute atomic E-state index is 0.0520. The Labute approximate surface area is 386 Å². The molecule has 1 aliphatic carbocycles. The van der Waals surface area contributed by atoms with E-state index in [1.807, 2.05) is 50.4 Å². The molecule has 16 nitrogen and oxygen atoms in total. The van der Waals surface area contributed by atoms with E-state index < -0.39 is 12.1 Å². The maximum Gasteiger partial charge on any atom is 0.293 e. The molecule has 5 aromatic rings. The highest BCUT2D eigenvalue weighted by Crippen LogP contribution is 2.40. The fourth-order valence-corrected chi connectivity index (χ4v) is 10.4. The van der Waals surface area contributed by atoms with Crippen molar-refractivity contribution in [3.05, 3.63) is 112 Å². The van der Waals surface area contributed by atoms with Crippen LogP contribution in [-0.4, -0.2) is 97.3 Å². The third-order valence-electron chi connectivity index (χ3n) is 13.8. The number of pyridine rings is 2. The van der Waals surface area contributed by atoms with E-state index in [9.17, 15) is 19.5 Å². The molecular weight excluding hydrogens is 833 g/mol. The van der Waals surface area contributed by atoms with Gasteiger partial charge in [-0.1, -0.05) is 20.4 Å². The second-order valence-electron chi connectivity index (χ2n) is 19.8. The average Bonchev–Trinajstić information content (AvgIpc) is 3.79. The van der Waals surface area contributed by atoms with Gasteiger partial charge in [-0.3, -0.25) is 29.2 Å². The quantitative estimate of drug-likeness (QED) is 0.122. The molecule has 346 valence electrons. The number of rotatable bonds is 11. The van der Waals surface area contributed by atoms with Crippen LogP contribution >= 0.6 is 0 Å². The van der Waals surface area contributed by atoms with Crippen LogP contribution in [0.3, 0.4) is 0 Å². The molecule has 2 amide bonds. The Morgan fingerprint density at radius 1 is 1.02 bits per heavy atom. The maximum absolute atomic E-state index is 14.0. The van der Waals surface area contributed by atoms with Gasteiger partial charge < -0.3 is 40.4 Å². The first-order chi connectivity index (χ1) is 31.5. The van der Waals surface area contributed by atoms with Crippen LogP contribution < -0.4 is 36.6 Å². The lowest BCUT2D eigenvalue weighted by atomic mass is 9.90. The number of aliphatic hydroxyl groups excluding tert-OH is 1. The molecule has 1 atom stereocenters. The third kappa shape index (κ3) is 8.60. The van der Waals surface area contributed by atoms with Crippen LogP contribution in [0.4, 0.5) is 34.4 Å². The zero-order valence-electron chi connectivity index (χ0n) is 39.0. The summed E-state index contributed by atoms with van der Waals surface area (Å²) in [4.78, 5) is 63.6. The van der Waals surface area contributed by atoms with Crippen LogP contribution in [0.15, 0.2) is 78.5 Å². The highest BCUT2D eigenvalue weighted by atomic mass is 16.3. The fraction of sp³-hybridized carbons (Fsp3) is 0.440. The van der Waals surface area contributed by atoms with Crippen LogP contribution in [0, 0.1) is 5.41 Å². The molecule has 1 aromatic carbocycles. The molecule has 5 N–H and O–H groups in total. The molecule has 7 heterocycles. The molecule has 0 bridgehead atoms. The number of carbonyl (C=O) groups is 2. The summed E-state index contributed by atoms with van der Waals surface area (Å²) in [6, 6.07) is 14.2. The summed E-state index contributed by atoms with van der Waals surface area (Å²) in [7, 11) is 1.64. The molecule has 66 heavy (non-hydrogen) atoms. The van der Waals surface area contributed by atoms with Gasteiger partial charge in [0, 0.05) is 99.8 Å². The number of aromatic nitrogens is 5. The Morgan fingerprint density at radius 2 is 1.80 bits per heavy atom. The number of hydrogen-bond acceptors (Lipinski definition) is 12. The number of aryl methyl sites for hydroxylation is 1. The Balaban J connectivity index is 0.914. The van der Waals surface area contributed by atoms with Gasteiger partial charge in [-0.05, 0) is 106 Å². The number of fused-ring (bicyclic) bond motifs is 3. The maximum atomic E-state index is 14.0. The van der Waals surface area contributed by atoms with Gasteiger partial charge in [0.2, 0.25) is 5.91 Å². The number of nitrogens with two attached hydrogens (primary N) is 1. The van der Waals surface area contributed by atoms with Gasteiger partial charge in [-0.2, -0.15) is 0 Å². The number of amides is 2. The first-order valence-corrected chi connectivity index (χ1v) is 23.1. The summed E-state index contributed by atoms with van der Waals surface area (Å²) in [5.41, 5.74) is 14.1. The second kappa shape index (κ2) is 17.5. The Bertz CT molecular complexity index is 2740. The number of carbonyl (C=O) groups excluding carboxylic acids is 2. The van der Waals surface area contributed by atoms with Gasteiger partial charge in [0.05, 0.1) is 46.8 Å². The second-order valence-corrected chi connectivity index (χ2v) is 19.8. The zero-order valence-corrected chi connectivity index (χ0v) is 39.0. The van der Waals surface area contributed by atoms with E-state index in [1.165, 1.54) is 21.9 Å². The lowest BCUT2D eigenvalue weighted by Gasteiger charge is -2.47. The normalized spacial score (nSPS) is 18.9. The molecule has 16 heteroatoms. The van der Waals surface area contributed by atoms with Gasteiger partial charge in [0.25, 0.3) is 11.5 Å². The van der Waals surface area contributed by atoms with E-state index in [4.69, 9.17) is 10.7 Å². The number of hydrogen-bond donors (Lipinski definition) is 4. The Hall–Kier alpha value is -6.36. The van der Waals surface area contributed by atoms with Crippen molar-refractivity contribution in [1.82, 2.24) is 29.0 Å². The van der Waals surface area contributed by atoms with Crippen LogP contribution in [0.25, 0.3) is 11.3 Å². The van der Waals surface area contributed by atoms with E-state index in [2.05, 4.69) is 73.3 Å². The van der Waals surface area contributed by atoms with Gasteiger partial charge in [-0.15, -0.1) is 0 Å². The number of piperidine rings is 1. The van der Waals surface area contributed by atoms with Gasteiger partial charge in [0.1, 0.15) is 11.5 Å². The number of piperazine rings is 1. The SMILES string of the molecule is C=CC(=O)Nc1cc(Nc2nc(-c3ccnc(N4CCn5c(cc6c5CC(C)(C)C6)C4=O)c3CO)cn(C)c2=O)ccc1N1CCN(C2CCN(c3ccc(C(C)(C)N)nc3)CC2)C[C@@H]1C. The molecule has 2 fully saturated rings. The van der Waals surface area contributed by atoms with Crippen molar-refractivity contribution in [2.75, 3.05) is 64.6 Å². The highest BCUT2D eigenvalue weighted by molar-refractivity contribution is 6.06. The predicted molar refractivity (Wildman–Crippen MR) is 260 cm³/mol. The summed E-state index contributed by atoms with van der Waals surface area (Å²) in [6.45, 7) is 19.4. The summed E-state index contributed by atoms with van der Waals surface area (Å²) >= 11 is 0. The monoisotopic (exact) mass is 895 g/mol. The van der Waals surface area contributed by atoms with E-state index in [0.717, 1.165) is 75.5 Å². The average molecular weight is 895 g/mol. The summed E-state index contributed by atoms with van der Waals surface area (Å²) < 4.78 is 3.58. The van der Waals surface area contributed by atoms with E-state index >= 15 is 0 Å². The van der Waals surface area contributed by atoms with Crippen LogP contribution in [0.2, 0.25) is 0 Å². The third-order valence-corrected chi connectivity index (χ3v) is 13.8. The van der Waals surface area contributed by atoms with Crippen molar-refractivity contribution in [3.8, 4) is 11.3 Å². The fourth-order valence-electron chi connectivity index (χ4n) is 10.4. The Kier molecular flexibility index (Phi) is 11.9. The number of benzene rings is 1. The number of nitrogens with zero attached hydrogens (tertiary/aromatic N) is 9. The first kappa shape index (κ1) is 44.8. The van der Waals surface area contributed by atoms with Crippen molar-refractivity contribution >= 4 is 46.2 Å². The van der Waals surface area contributed by atoms with E-state index in [-0.39, 0.29) is 34.6 Å². The molecular formula is C50H62N12O4. The van der Waals surface area contributed by atoms with Crippen LogP contribution in [0.1, 0.15) is 80.5 Å².